The first kappa shape index (κ1) is 47.0. The lowest BCUT2D eigenvalue weighted by Crippen LogP contribution is -2.53. The van der Waals surface area contributed by atoms with E-state index in [9.17, 15) is 24.9 Å². The Kier molecular flexibility index (Phi) is 36.7. The highest BCUT2D eigenvalue weighted by Gasteiger charge is 2.37. The van der Waals surface area contributed by atoms with Gasteiger partial charge >= 0.3 is 0 Å². The molecule has 9 N–H and O–H groups in total. The van der Waals surface area contributed by atoms with Gasteiger partial charge in [0.25, 0.3) is 5.91 Å². The summed E-state index contributed by atoms with van der Waals surface area (Å²) in [6, 6.07) is 0. The third-order valence-electron chi connectivity index (χ3n) is 8.46. The lowest BCUT2D eigenvalue weighted by Gasteiger charge is -2.25. The molecule has 9 heteroatoms. The fourth-order valence-corrected chi connectivity index (χ4v) is 5.36. The topological polar surface area (TPSA) is 182 Å². The number of amides is 2. The molecule has 0 rings (SSSR count). The highest BCUT2D eigenvalue weighted by atomic mass is 16.5. The van der Waals surface area contributed by atoms with Crippen molar-refractivity contribution in [1.82, 2.24) is 0 Å². The number of aliphatic hydroxyl groups is 3. The largest absolute Gasteiger partial charge is 0.486 e. The van der Waals surface area contributed by atoms with E-state index in [-0.39, 0.29) is 0 Å². The lowest BCUT2D eigenvalue weighted by molar-refractivity contribution is -0.152. The van der Waals surface area contributed by atoms with E-state index in [1.807, 2.05) is 0 Å². The fraction of sp³-hybridized carbons (Fsp3) is 0.842. The van der Waals surface area contributed by atoms with Crippen LogP contribution in [0.15, 0.2) is 24.6 Å². The maximum absolute atomic E-state index is 11.4. The molecule has 0 aliphatic rings. The minimum Gasteiger partial charge on any atom is -0.486 e. The Bertz CT molecular complexity index is 749. The van der Waals surface area contributed by atoms with Crippen LogP contribution in [0.4, 0.5) is 0 Å². The Morgan fingerprint density at radius 3 is 1.19 bits per heavy atom. The number of ether oxygens (including phenoxy) is 1. The number of hydrogen-bond donors (Lipinski definition) is 6. The maximum Gasteiger partial charge on any atom is 0.261 e. The van der Waals surface area contributed by atoms with Crippen LogP contribution in [0.3, 0.4) is 0 Å². The molecule has 0 aliphatic carbocycles. The van der Waals surface area contributed by atoms with E-state index in [2.05, 4.69) is 19.9 Å². The van der Waals surface area contributed by atoms with E-state index in [1.54, 1.807) is 12.3 Å². The van der Waals surface area contributed by atoms with E-state index < -0.39 is 36.2 Å². The highest BCUT2D eigenvalue weighted by molar-refractivity contribution is 5.81. The standard InChI is InChI=1S/C22H42N2O6.C16H33N/c1-2-3-4-5-6-7-8-9-10-11-12-13-14-15-16-30-20(22(24)29)18(26)17(25)19(27)21(23)28;1-2-3-4-5-6-7-8-9-10-11-12-13-14-15-16-17/h15-20,25-27H,2-14H2,1H3,(H2,23,28)(H2,24,29);15-16H,2-14,17H2,1H3/b2*16-15+/t17-,18-,19-,20+;/m0./s1. The predicted octanol–water partition coefficient (Wildman–Crippen LogP) is 7.58. The molecule has 0 spiro atoms. The molecule has 0 aliphatic heterocycles. The maximum atomic E-state index is 11.4. The van der Waals surface area contributed by atoms with Crippen molar-refractivity contribution in [3.8, 4) is 0 Å². The Labute approximate surface area is 288 Å². The number of carbonyl (C=O) groups excluding carboxylic acids is 2. The molecule has 0 aromatic carbocycles. The molecule has 278 valence electrons. The zero-order chi connectivity index (χ0) is 35.4. The first-order valence-corrected chi connectivity index (χ1v) is 19.0. The highest BCUT2D eigenvalue weighted by Crippen LogP contribution is 2.14. The van der Waals surface area contributed by atoms with Gasteiger partial charge in [0.2, 0.25) is 12.0 Å². The summed E-state index contributed by atoms with van der Waals surface area (Å²) in [4.78, 5) is 22.3. The monoisotopic (exact) mass is 670 g/mol. The van der Waals surface area contributed by atoms with Gasteiger partial charge in [-0.25, -0.2) is 0 Å². The van der Waals surface area contributed by atoms with Crippen molar-refractivity contribution in [2.75, 3.05) is 0 Å². The second-order valence-corrected chi connectivity index (χ2v) is 12.9. The average Bonchev–Trinajstić information content (AvgIpc) is 3.05. The Morgan fingerprint density at radius 1 is 0.532 bits per heavy atom. The molecular formula is C38H75N3O6. The van der Waals surface area contributed by atoms with Crippen molar-refractivity contribution in [2.24, 2.45) is 17.2 Å². The van der Waals surface area contributed by atoms with Crippen LogP contribution in [0, 0.1) is 0 Å². The summed E-state index contributed by atoms with van der Waals surface area (Å²) in [5.41, 5.74) is 15.3. The summed E-state index contributed by atoms with van der Waals surface area (Å²) in [6.45, 7) is 4.51. The summed E-state index contributed by atoms with van der Waals surface area (Å²) in [7, 11) is 0. The van der Waals surface area contributed by atoms with E-state index in [0.29, 0.717) is 0 Å². The Balaban J connectivity index is 0. The van der Waals surface area contributed by atoms with Crippen molar-refractivity contribution >= 4 is 11.8 Å². The van der Waals surface area contributed by atoms with Crippen LogP contribution in [0.1, 0.15) is 181 Å². The number of carbonyl (C=O) groups is 2. The van der Waals surface area contributed by atoms with Gasteiger partial charge < -0.3 is 37.3 Å². The Morgan fingerprint density at radius 2 is 0.872 bits per heavy atom. The smallest absolute Gasteiger partial charge is 0.261 e. The molecule has 0 unspecified atom stereocenters. The van der Waals surface area contributed by atoms with Gasteiger partial charge in [-0.3, -0.25) is 9.59 Å². The third kappa shape index (κ3) is 32.2. The Hall–Kier alpha value is -2.10. The minimum atomic E-state index is -2.03. The summed E-state index contributed by atoms with van der Waals surface area (Å²) in [6.07, 6.45) is 33.3. The molecule has 0 saturated heterocycles. The zero-order valence-corrected chi connectivity index (χ0v) is 30.3. The number of allylic oxidation sites excluding steroid dienone is 2. The van der Waals surface area contributed by atoms with Crippen LogP contribution in [0.2, 0.25) is 0 Å². The van der Waals surface area contributed by atoms with Gasteiger partial charge in [0.1, 0.15) is 12.2 Å². The van der Waals surface area contributed by atoms with Gasteiger partial charge in [-0.2, -0.15) is 0 Å². The molecule has 0 aromatic heterocycles. The third-order valence-corrected chi connectivity index (χ3v) is 8.46. The molecule has 0 saturated carbocycles. The zero-order valence-electron chi connectivity index (χ0n) is 30.3. The van der Waals surface area contributed by atoms with Crippen LogP contribution < -0.4 is 17.2 Å². The van der Waals surface area contributed by atoms with Gasteiger partial charge in [-0.1, -0.05) is 161 Å². The van der Waals surface area contributed by atoms with Crippen LogP contribution >= 0.6 is 0 Å². The van der Waals surface area contributed by atoms with Crippen LogP contribution in [0.25, 0.3) is 0 Å². The van der Waals surface area contributed by atoms with E-state index in [4.69, 9.17) is 21.9 Å². The number of nitrogens with two attached hydrogens (primary N) is 3. The van der Waals surface area contributed by atoms with Crippen molar-refractivity contribution in [3.63, 3.8) is 0 Å². The van der Waals surface area contributed by atoms with Gasteiger partial charge in [-0.15, -0.1) is 0 Å². The van der Waals surface area contributed by atoms with Gasteiger partial charge in [0.05, 0.1) is 6.26 Å². The summed E-state index contributed by atoms with van der Waals surface area (Å²) >= 11 is 0. The fourth-order valence-electron chi connectivity index (χ4n) is 5.36. The second-order valence-electron chi connectivity index (χ2n) is 12.9. The van der Waals surface area contributed by atoms with Crippen LogP contribution in [-0.2, 0) is 14.3 Å². The van der Waals surface area contributed by atoms with Crippen LogP contribution in [0.5, 0.6) is 0 Å². The first-order valence-electron chi connectivity index (χ1n) is 19.0. The average molecular weight is 670 g/mol. The van der Waals surface area contributed by atoms with E-state index >= 15 is 0 Å². The minimum absolute atomic E-state index is 0.742. The molecule has 47 heavy (non-hydrogen) atoms. The van der Waals surface area contributed by atoms with Crippen molar-refractivity contribution in [3.05, 3.63) is 24.6 Å². The molecule has 0 aromatic rings. The van der Waals surface area contributed by atoms with Gasteiger partial charge in [-0.05, 0) is 38.0 Å². The molecule has 4 atom stereocenters. The number of unbranched alkanes of at least 4 members (excludes halogenated alkanes) is 24. The second kappa shape index (κ2) is 36.7. The molecule has 0 fully saturated rings. The predicted molar refractivity (Wildman–Crippen MR) is 195 cm³/mol. The van der Waals surface area contributed by atoms with Crippen molar-refractivity contribution < 1.29 is 29.6 Å². The molecular weight excluding hydrogens is 594 g/mol. The SMILES string of the molecule is CCCCCCCCCCCCCC/C=C/N.CCCCCCCCCCCCCC/C=C/O[C@@H](C(N)=O)[C@@H](O)[C@H](O)[C@H](O)C(N)=O. The number of hydrogen-bond acceptors (Lipinski definition) is 7. The van der Waals surface area contributed by atoms with Crippen molar-refractivity contribution in [1.29, 1.82) is 0 Å². The number of rotatable bonds is 33. The van der Waals surface area contributed by atoms with E-state index in [0.717, 1.165) is 25.7 Å². The quantitative estimate of drug-likeness (QED) is 0.0307. The van der Waals surface area contributed by atoms with Crippen molar-refractivity contribution in [2.45, 2.75) is 205 Å². The summed E-state index contributed by atoms with van der Waals surface area (Å²) in [5.74, 6) is -2.26. The molecule has 0 radical (unpaired) electrons. The summed E-state index contributed by atoms with van der Waals surface area (Å²) < 4.78 is 5.10. The molecule has 9 nitrogen and oxygen atoms in total. The van der Waals surface area contributed by atoms with Crippen LogP contribution in [-0.4, -0.2) is 51.5 Å². The van der Waals surface area contributed by atoms with Gasteiger partial charge in [0, 0.05) is 0 Å². The normalized spacial score (nSPS) is 14.1. The number of primary amides is 2. The summed E-state index contributed by atoms with van der Waals surface area (Å²) in [5, 5.41) is 29.0. The number of aliphatic hydroxyl groups excluding tert-OH is 3. The first-order chi connectivity index (χ1) is 22.7. The molecule has 0 heterocycles. The molecule has 0 bridgehead atoms. The molecule has 2 amide bonds. The lowest BCUT2D eigenvalue weighted by atomic mass is 10.0. The van der Waals surface area contributed by atoms with Gasteiger partial charge in [0.15, 0.2) is 6.10 Å². The van der Waals surface area contributed by atoms with E-state index in [1.165, 1.54) is 148 Å².